The summed E-state index contributed by atoms with van der Waals surface area (Å²) in [4.78, 5) is 18.7. The van der Waals surface area contributed by atoms with Crippen LogP contribution in [0, 0.1) is 6.92 Å². The first-order valence-corrected chi connectivity index (χ1v) is 8.59. The second-order valence-electron chi connectivity index (χ2n) is 6.51. The first-order chi connectivity index (χ1) is 12.2. The van der Waals surface area contributed by atoms with Crippen molar-refractivity contribution in [3.63, 3.8) is 0 Å². The standard InChI is InChI=1S/C18H21N3O4/c1-12-9-14(20-25-12)18(22)21-7-8-23-17-15(21)4-5-16(17)24-11-13-3-2-6-19-10-13/h2-3,6,9-10,15-17H,4-5,7-8,11H2,1H3/t15-,16-,17+/m0/s1. The molecule has 0 unspecified atom stereocenters. The second kappa shape index (κ2) is 6.93. The lowest BCUT2D eigenvalue weighted by atomic mass is 10.1. The molecule has 1 aliphatic carbocycles. The highest BCUT2D eigenvalue weighted by molar-refractivity contribution is 5.92. The molecule has 2 aromatic rings. The van der Waals surface area contributed by atoms with E-state index in [-0.39, 0.29) is 24.2 Å². The number of amides is 1. The van der Waals surface area contributed by atoms with Crippen LogP contribution in [0.25, 0.3) is 0 Å². The maximum Gasteiger partial charge on any atom is 0.276 e. The Kier molecular flexibility index (Phi) is 4.50. The Morgan fingerprint density at radius 2 is 2.36 bits per heavy atom. The zero-order valence-corrected chi connectivity index (χ0v) is 14.1. The lowest BCUT2D eigenvalue weighted by molar-refractivity contribution is -0.108. The van der Waals surface area contributed by atoms with Crippen molar-refractivity contribution in [3.05, 3.63) is 47.6 Å². The Morgan fingerprint density at radius 1 is 1.44 bits per heavy atom. The van der Waals surface area contributed by atoms with E-state index in [0.717, 1.165) is 18.4 Å². The molecule has 0 radical (unpaired) electrons. The predicted molar refractivity (Wildman–Crippen MR) is 87.9 cm³/mol. The van der Waals surface area contributed by atoms with Crippen molar-refractivity contribution in [2.45, 2.75) is 44.6 Å². The minimum absolute atomic E-state index is 0.0140. The molecule has 2 aliphatic rings. The number of carbonyl (C=O) groups excluding carboxylic acids is 1. The number of aromatic nitrogens is 2. The number of rotatable bonds is 4. The number of morpholine rings is 1. The molecule has 1 aliphatic heterocycles. The SMILES string of the molecule is Cc1cc(C(=O)N2CCO[C@H]3[C@@H](OCc4cccnc4)CC[C@@H]32)no1. The first kappa shape index (κ1) is 16.2. The summed E-state index contributed by atoms with van der Waals surface area (Å²) in [6.07, 6.45) is 5.18. The maximum atomic E-state index is 12.7. The minimum Gasteiger partial charge on any atom is -0.372 e. The van der Waals surface area contributed by atoms with Gasteiger partial charge >= 0.3 is 0 Å². The summed E-state index contributed by atoms with van der Waals surface area (Å²) < 4.78 is 17.0. The Balaban J connectivity index is 1.42. The number of fused-ring (bicyclic) bond motifs is 1. The van der Waals surface area contributed by atoms with Crippen molar-refractivity contribution in [2.24, 2.45) is 0 Å². The molecular weight excluding hydrogens is 322 g/mol. The van der Waals surface area contributed by atoms with Gasteiger partial charge < -0.3 is 18.9 Å². The molecule has 2 fully saturated rings. The summed E-state index contributed by atoms with van der Waals surface area (Å²) in [7, 11) is 0. The lowest BCUT2D eigenvalue weighted by Gasteiger charge is -2.38. The maximum absolute atomic E-state index is 12.7. The normalized spacial score (nSPS) is 25.8. The lowest BCUT2D eigenvalue weighted by Crippen LogP contribution is -2.53. The van der Waals surface area contributed by atoms with Gasteiger partial charge in [-0.3, -0.25) is 9.78 Å². The number of hydrogen-bond acceptors (Lipinski definition) is 6. The van der Waals surface area contributed by atoms with E-state index in [2.05, 4.69) is 10.1 Å². The van der Waals surface area contributed by atoms with Crippen LogP contribution in [-0.2, 0) is 16.1 Å². The van der Waals surface area contributed by atoms with Gasteiger partial charge in [0.1, 0.15) is 11.9 Å². The zero-order chi connectivity index (χ0) is 17.2. The van der Waals surface area contributed by atoms with Crippen molar-refractivity contribution in [1.82, 2.24) is 15.0 Å². The smallest absolute Gasteiger partial charge is 0.276 e. The topological polar surface area (TPSA) is 77.7 Å². The van der Waals surface area contributed by atoms with E-state index in [4.69, 9.17) is 14.0 Å². The Hall–Kier alpha value is -2.25. The molecule has 3 atom stereocenters. The molecule has 4 rings (SSSR count). The molecule has 0 aromatic carbocycles. The summed E-state index contributed by atoms with van der Waals surface area (Å²) in [6.45, 7) is 3.36. The van der Waals surface area contributed by atoms with Crippen molar-refractivity contribution < 1.29 is 18.8 Å². The first-order valence-electron chi connectivity index (χ1n) is 8.59. The quantitative estimate of drug-likeness (QED) is 0.845. The van der Waals surface area contributed by atoms with Crippen molar-refractivity contribution >= 4 is 5.91 Å². The predicted octanol–water partition coefficient (Wildman–Crippen LogP) is 1.97. The zero-order valence-electron chi connectivity index (χ0n) is 14.1. The van der Waals surface area contributed by atoms with Gasteiger partial charge in [0, 0.05) is 25.0 Å². The number of aryl methyl sites for hydroxylation is 1. The molecule has 7 nitrogen and oxygen atoms in total. The van der Waals surface area contributed by atoms with E-state index in [1.165, 1.54) is 0 Å². The van der Waals surface area contributed by atoms with Crippen LogP contribution in [0.5, 0.6) is 0 Å². The second-order valence-corrected chi connectivity index (χ2v) is 6.51. The largest absolute Gasteiger partial charge is 0.372 e. The Labute approximate surface area is 145 Å². The van der Waals surface area contributed by atoms with Crippen LogP contribution >= 0.6 is 0 Å². The van der Waals surface area contributed by atoms with E-state index < -0.39 is 0 Å². The third kappa shape index (κ3) is 3.29. The van der Waals surface area contributed by atoms with Crippen LogP contribution < -0.4 is 0 Å². The molecule has 0 N–H and O–H groups in total. The number of nitrogens with zero attached hydrogens (tertiary/aromatic N) is 3. The summed E-state index contributed by atoms with van der Waals surface area (Å²) in [5, 5.41) is 3.85. The highest BCUT2D eigenvalue weighted by Crippen LogP contribution is 2.33. The van der Waals surface area contributed by atoms with Crippen LogP contribution in [0.1, 0.15) is 34.7 Å². The van der Waals surface area contributed by atoms with Gasteiger partial charge in [-0.2, -0.15) is 0 Å². The van der Waals surface area contributed by atoms with Gasteiger partial charge in [-0.1, -0.05) is 11.2 Å². The molecular formula is C18H21N3O4. The Bertz CT molecular complexity index is 733. The summed E-state index contributed by atoms with van der Waals surface area (Å²) in [5.41, 5.74) is 1.39. The number of ether oxygens (including phenoxy) is 2. The summed E-state index contributed by atoms with van der Waals surface area (Å²) >= 11 is 0. The van der Waals surface area contributed by atoms with Gasteiger partial charge in [0.25, 0.3) is 5.91 Å². The number of pyridine rings is 1. The minimum atomic E-state index is -0.0950. The average Bonchev–Trinajstić information content (AvgIpc) is 3.26. The molecule has 0 spiro atoms. The fourth-order valence-electron chi connectivity index (χ4n) is 3.65. The number of carbonyl (C=O) groups is 1. The summed E-state index contributed by atoms with van der Waals surface area (Å²) in [6, 6.07) is 5.59. The van der Waals surface area contributed by atoms with Crippen LogP contribution in [0.2, 0.25) is 0 Å². The molecule has 3 heterocycles. The van der Waals surface area contributed by atoms with Gasteiger partial charge in [0.15, 0.2) is 5.69 Å². The molecule has 1 saturated carbocycles. The Morgan fingerprint density at radius 3 is 3.12 bits per heavy atom. The fourth-order valence-corrected chi connectivity index (χ4v) is 3.65. The van der Waals surface area contributed by atoms with E-state index in [9.17, 15) is 4.79 Å². The van der Waals surface area contributed by atoms with Gasteiger partial charge in [0.05, 0.1) is 25.4 Å². The molecule has 25 heavy (non-hydrogen) atoms. The molecule has 132 valence electrons. The monoisotopic (exact) mass is 343 g/mol. The van der Waals surface area contributed by atoms with Gasteiger partial charge in [-0.05, 0) is 31.4 Å². The van der Waals surface area contributed by atoms with E-state index in [1.807, 2.05) is 17.0 Å². The van der Waals surface area contributed by atoms with Gasteiger partial charge in [0.2, 0.25) is 0 Å². The van der Waals surface area contributed by atoms with Gasteiger partial charge in [-0.15, -0.1) is 0 Å². The number of hydrogen-bond donors (Lipinski definition) is 0. The van der Waals surface area contributed by atoms with E-state index in [0.29, 0.717) is 31.2 Å². The van der Waals surface area contributed by atoms with E-state index >= 15 is 0 Å². The molecule has 7 heteroatoms. The van der Waals surface area contributed by atoms with Crippen molar-refractivity contribution in [1.29, 1.82) is 0 Å². The van der Waals surface area contributed by atoms with E-state index in [1.54, 1.807) is 25.4 Å². The van der Waals surface area contributed by atoms with Crippen molar-refractivity contribution in [3.8, 4) is 0 Å². The fraction of sp³-hybridized carbons (Fsp3) is 0.500. The van der Waals surface area contributed by atoms with Crippen LogP contribution in [0.15, 0.2) is 35.1 Å². The molecule has 2 aromatic heterocycles. The molecule has 0 bridgehead atoms. The summed E-state index contributed by atoms with van der Waals surface area (Å²) in [5.74, 6) is 0.542. The van der Waals surface area contributed by atoms with Crippen molar-refractivity contribution in [2.75, 3.05) is 13.2 Å². The highest BCUT2D eigenvalue weighted by atomic mass is 16.5. The third-order valence-electron chi connectivity index (χ3n) is 4.83. The van der Waals surface area contributed by atoms with Crippen LogP contribution in [0.4, 0.5) is 0 Å². The van der Waals surface area contributed by atoms with Crippen LogP contribution in [0.3, 0.4) is 0 Å². The van der Waals surface area contributed by atoms with Gasteiger partial charge in [-0.25, -0.2) is 0 Å². The molecule has 1 saturated heterocycles. The molecule has 1 amide bonds. The van der Waals surface area contributed by atoms with Crippen LogP contribution in [-0.4, -0.2) is 52.3 Å². The third-order valence-corrected chi connectivity index (χ3v) is 4.83. The highest BCUT2D eigenvalue weighted by Gasteiger charge is 2.45. The average molecular weight is 343 g/mol.